The highest BCUT2D eigenvalue weighted by atomic mass is 16.5. The number of hydrogen-bond acceptors (Lipinski definition) is 3. The number of methoxy groups -OCH3 is 2. The molecular weight excluding hydrogens is 180 g/mol. The van der Waals surface area contributed by atoms with E-state index in [9.17, 15) is 4.79 Å². The van der Waals surface area contributed by atoms with Gasteiger partial charge in [-0.1, -0.05) is 0 Å². The predicted molar refractivity (Wildman–Crippen MR) is 54.3 cm³/mol. The molecule has 0 saturated heterocycles. The molecule has 0 heterocycles. The van der Waals surface area contributed by atoms with E-state index in [1.54, 1.807) is 26.4 Å². The van der Waals surface area contributed by atoms with Gasteiger partial charge in [0.25, 0.3) is 0 Å². The van der Waals surface area contributed by atoms with Gasteiger partial charge in [0.15, 0.2) is 17.3 Å². The molecule has 0 aliphatic carbocycles. The van der Waals surface area contributed by atoms with Crippen molar-refractivity contribution in [3.63, 3.8) is 0 Å². The molecule has 0 bridgehead atoms. The van der Waals surface area contributed by atoms with Crippen molar-refractivity contribution in [3.05, 3.63) is 23.3 Å². The number of carbonyl (C=O) groups is 1. The van der Waals surface area contributed by atoms with Gasteiger partial charge in [0.05, 0.1) is 14.2 Å². The lowest BCUT2D eigenvalue weighted by atomic mass is 10.1. The van der Waals surface area contributed by atoms with E-state index in [-0.39, 0.29) is 5.78 Å². The normalized spacial score (nSPS) is 9.71. The molecule has 0 radical (unpaired) electrons. The van der Waals surface area contributed by atoms with Crippen molar-refractivity contribution >= 4 is 5.78 Å². The predicted octanol–water partition coefficient (Wildman–Crippen LogP) is 2.21. The van der Waals surface area contributed by atoms with Crippen molar-refractivity contribution in [2.24, 2.45) is 0 Å². The molecule has 0 atom stereocenters. The van der Waals surface area contributed by atoms with Crippen molar-refractivity contribution in [2.45, 2.75) is 13.8 Å². The fourth-order valence-electron chi connectivity index (χ4n) is 1.36. The third-order valence-electron chi connectivity index (χ3n) is 2.07. The van der Waals surface area contributed by atoms with E-state index < -0.39 is 0 Å². The van der Waals surface area contributed by atoms with E-state index in [0.717, 1.165) is 5.56 Å². The summed E-state index contributed by atoms with van der Waals surface area (Å²) in [6.45, 7) is 3.41. The van der Waals surface area contributed by atoms with Gasteiger partial charge in [0, 0.05) is 5.56 Å². The highest BCUT2D eigenvalue weighted by molar-refractivity contribution is 5.95. The first-order valence-electron chi connectivity index (χ1n) is 4.33. The highest BCUT2D eigenvalue weighted by Gasteiger charge is 2.10. The Balaban J connectivity index is 3.31. The minimum atomic E-state index is 0.0223. The van der Waals surface area contributed by atoms with Gasteiger partial charge < -0.3 is 9.47 Å². The van der Waals surface area contributed by atoms with Crippen LogP contribution in [0.5, 0.6) is 11.5 Å². The molecule has 0 saturated carbocycles. The van der Waals surface area contributed by atoms with Crippen molar-refractivity contribution in [3.8, 4) is 11.5 Å². The van der Waals surface area contributed by atoms with Crippen molar-refractivity contribution in [1.29, 1.82) is 0 Å². The molecule has 0 aliphatic rings. The zero-order valence-electron chi connectivity index (χ0n) is 8.88. The topological polar surface area (TPSA) is 35.5 Å². The number of ether oxygens (including phenoxy) is 2. The summed E-state index contributed by atoms with van der Waals surface area (Å²) >= 11 is 0. The summed E-state index contributed by atoms with van der Waals surface area (Å²) in [4.78, 5) is 11.2. The summed E-state index contributed by atoms with van der Waals surface area (Å²) < 4.78 is 10.3. The number of carbonyl (C=O) groups excluding carboxylic acids is 1. The van der Waals surface area contributed by atoms with Crippen LogP contribution in [0.2, 0.25) is 0 Å². The third kappa shape index (κ3) is 1.87. The van der Waals surface area contributed by atoms with Gasteiger partial charge in [-0.2, -0.15) is 0 Å². The second-order valence-electron chi connectivity index (χ2n) is 3.08. The SMILES string of the molecule is COc1cc(C(C)=O)cc(C)c1OC. The van der Waals surface area contributed by atoms with Gasteiger partial charge in [0.2, 0.25) is 0 Å². The summed E-state index contributed by atoms with van der Waals surface area (Å²) in [7, 11) is 3.14. The lowest BCUT2D eigenvalue weighted by Crippen LogP contribution is -1.98. The largest absolute Gasteiger partial charge is 0.493 e. The fraction of sp³-hybridized carbons (Fsp3) is 0.364. The molecule has 0 aliphatic heterocycles. The molecular formula is C11H14O3. The van der Waals surface area contributed by atoms with Crippen LogP contribution in [0.1, 0.15) is 22.8 Å². The van der Waals surface area contributed by atoms with Crippen LogP contribution in [0.25, 0.3) is 0 Å². The molecule has 0 spiro atoms. The standard InChI is InChI=1S/C11H14O3/c1-7-5-9(8(2)12)6-10(13-3)11(7)14-4/h5-6H,1-4H3. The number of rotatable bonds is 3. The average molecular weight is 194 g/mol. The summed E-state index contributed by atoms with van der Waals surface area (Å²) in [5, 5.41) is 0. The molecule has 14 heavy (non-hydrogen) atoms. The molecule has 0 amide bonds. The smallest absolute Gasteiger partial charge is 0.163 e. The van der Waals surface area contributed by atoms with Crippen LogP contribution in [-0.2, 0) is 0 Å². The average Bonchev–Trinajstić information content (AvgIpc) is 2.16. The van der Waals surface area contributed by atoms with Crippen molar-refractivity contribution in [1.82, 2.24) is 0 Å². The lowest BCUT2D eigenvalue weighted by Gasteiger charge is -2.11. The van der Waals surface area contributed by atoms with E-state index in [1.165, 1.54) is 6.92 Å². The Kier molecular flexibility index (Phi) is 3.12. The van der Waals surface area contributed by atoms with E-state index in [1.807, 2.05) is 6.92 Å². The summed E-state index contributed by atoms with van der Waals surface area (Å²) in [6, 6.07) is 3.48. The van der Waals surface area contributed by atoms with Gasteiger partial charge >= 0.3 is 0 Å². The first-order valence-corrected chi connectivity index (χ1v) is 4.33. The van der Waals surface area contributed by atoms with Crippen LogP contribution < -0.4 is 9.47 Å². The monoisotopic (exact) mass is 194 g/mol. The lowest BCUT2D eigenvalue weighted by molar-refractivity contribution is 0.101. The molecule has 1 aromatic rings. The minimum Gasteiger partial charge on any atom is -0.493 e. The maximum atomic E-state index is 11.2. The van der Waals surface area contributed by atoms with Crippen LogP contribution >= 0.6 is 0 Å². The van der Waals surface area contributed by atoms with Gasteiger partial charge in [-0.3, -0.25) is 4.79 Å². The van der Waals surface area contributed by atoms with E-state index in [0.29, 0.717) is 17.1 Å². The van der Waals surface area contributed by atoms with Crippen LogP contribution in [0.15, 0.2) is 12.1 Å². The molecule has 0 N–H and O–H groups in total. The Morgan fingerprint density at radius 3 is 2.29 bits per heavy atom. The first kappa shape index (κ1) is 10.6. The van der Waals surface area contributed by atoms with Crippen molar-refractivity contribution in [2.75, 3.05) is 14.2 Å². The Morgan fingerprint density at radius 2 is 1.86 bits per heavy atom. The Bertz CT molecular complexity index is 356. The van der Waals surface area contributed by atoms with E-state index in [2.05, 4.69) is 0 Å². The van der Waals surface area contributed by atoms with Gasteiger partial charge in [-0.05, 0) is 31.5 Å². The maximum Gasteiger partial charge on any atom is 0.163 e. The Morgan fingerprint density at radius 1 is 1.21 bits per heavy atom. The quantitative estimate of drug-likeness (QED) is 0.692. The minimum absolute atomic E-state index is 0.0223. The fourth-order valence-corrected chi connectivity index (χ4v) is 1.36. The first-order chi connectivity index (χ1) is 6.60. The number of benzene rings is 1. The molecule has 3 nitrogen and oxygen atoms in total. The molecule has 1 rings (SSSR count). The molecule has 1 aromatic carbocycles. The zero-order chi connectivity index (χ0) is 10.7. The second kappa shape index (κ2) is 4.13. The number of ketones is 1. The summed E-state index contributed by atoms with van der Waals surface area (Å²) in [5.74, 6) is 1.30. The third-order valence-corrected chi connectivity index (χ3v) is 2.07. The Hall–Kier alpha value is -1.51. The molecule has 0 unspecified atom stereocenters. The molecule has 0 fully saturated rings. The van der Waals surface area contributed by atoms with Crippen LogP contribution in [0.4, 0.5) is 0 Å². The molecule has 0 aromatic heterocycles. The summed E-state index contributed by atoms with van der Waals surface area (Å²) in [5.41, 5.74) is 1.54. The molecule has 76 valence electrons. The van der Waals surface area contributed by atoms with E-state index >= 15 is 0 Å². The van der Waals surface area contributed by atoms with Crippen LogP contribution in [0, 0.1) is 6.92 Å². The van der Waals surface area contributed by atoms with Crippen LogP contribution in [-0.4, -0.2) is 20.0 Å². The number of aryl methyl sites for hydroxylation is 1. The summed E-state index contributed by atoms with van der Waals surface area (Å²) in [6.07, 6.45) is 0. The van der Waals surface area contributed by atoms with E-state index in [4.69, 9.17) is 9.47 Å². The Labute approximate surface area is 83.6 Å². The van der Waals surface area contributed by atoms with Gasteiger partial charge in [0.1, 0.15) is 0 Å². The molecule has 3 heteroatoms. The van der Waals surface area contributed by atoms with Gasteiger partial charge in [-0.15, -0.1) is 0 Å². The highest BCUT2D eigenvalue weighted by Crippen LogP contribution is 2.31. The second-order valence-corrected chi connectivity index (χ2v) is 3.08. The maximum absolute atomic E-state index is 11.2. The van der Waals surface area contributed by atoms with Crippen LogP contribution in [0.3, 0.4) is 0 Å². The van der Waals surface area contributed by atoms with Gasteiger partial charge in [-0.25, -0.2) is 0 Å². The zero-order valence-corrected chi connectivity index (χ0v) is 8.88. The van der Waals surface area contributed by atoms with Crippen molar-refractivity contribution < 1.29 is 14.3 Å². The number of Topliss-reactive ketones (excluding diaryl/α,β-unsaturated/α-hetero) is 1. The number of hydrogen-bond donors (Lipinski definition) is 0.